The van der Waals surface area contributed by atoms with Gasteiger partial charge in [-0.3, -0.25) is 4.79 Å². The monoisotopic (exact) mass is 426 g/mol. The quantitative estimate of drug-likeness (QED) is 0.523. The van der Waals surface area contributed by atoms with Crippen LogP contribution in [0.4, 0.5) is 4.39 Å². The van der Waals surface area contributed by atoms with Crippen LogP contribution in [0.25, 0.3) is 11.0 Å². The van der Waals surface area contributed by atoms with Crippen LogP contribution < -0.4 is 5.32 Å². The highest BCUT2D eigenvalue weighted by Gasteiger charge is 2.26. The van der Waals surface area contributed by atoms with Crippen molar-refractivity contribution in [1.29, 1.82) is 0 Å². The van der Waals surface area contributed by atoms with Crippen molar-refractivity contribution in [3.63, 3.8) is 0 Å². The third-order valence-corrected chi connectivity index (χ3v) is 7.06. The summed E-state index contributed by atoms with van der Waals surface area (Å²) in [6.07, 6.45) is 1.46. The second kappa shape index (κ2) is 7.46. The number of rotatable bonds is 5. The van der Waals surface area contributed by atoms with Gasteiger partial charge in [0.2, 0.25) is 9.84 Å². The predicted octanol–water partition coefficient (Wildman–Crippen LogP) is 3.98. The summed E-state index contributed by atoms with van der Waals surface area (Å²) in [5.74, 6) is -0.963. The third-order valence-electron chi connectivity index (χ3n) is 5.18. The highest BCUT2D eigenvalue weighted by Crippen LogP contribution is 2.27. The van der Waals surface area contributed by atoms with Crippen LogP contribution in [0.15, 0.2) is 75.1 Å². The minimum Gasteiger partial charge on any atom is -0.464 e. The maximum absolute atomic E-state index is 14.3. The number of halogens is 1. The number of nitrogens with one attached hydrogen (secondary N) is 1. The van der Waals surface area contributed by atoms with Gasteiger partial charge >= 0.3 is 0 Å². The number of furan rings is 1. The maximum atomic E-state index is 14.3. The van der Waals surface area contributed by atoms with Crippen LogP contribution in [0.2, 0.25) is 0 Å². The van der Waals surface area contributed by atoms with Crippen LogP contribution >= 0.6 is 0 Å². The lowest BCUT2D eigenvalue weighted by Gasteiger charge is -2.09. The van der Waals surface area contributed by atoms with Crippen molar-refractivity contribution < 1.29 is 22.0 Å². The molecule has 0 spiro atoms. The third kappa shape index (κ3) is 3.29. The van der Waals surface area contributed by atoms with E-state index in [1.54, 1.807) is 38.2 Å². The van der Waals surface area contributed by atoms with E-state index >= 15 is 0 Å². The van der Waals surface area contributed by atoms with E-state index in [1.807, 2.05) is 0 Å². The lowest BCUT2D eigenvalue weighted by atomic mass is 10.1. The maximum Gasteiger partial charge on any atom is 0.268 e. The summed E-state index contributed by atoms with van der Waals surface area (Å²) in [6.45, 7) is 1.57. The average molecular weight is 426 g/mol. The molecule has 0 bridgehead atoms. The lowest BCUT2D eigenvalue weighted by Crippen LogP contribution is -2.25. The molecule has 1 amide bonds. The Hall–Kier alpha value is -3.39. The zero-order valence-corrected chi connectivity index (χ0v) is 17.2. The Morgan fingerprint density at radius 1 is 1.13 bits per heavy atom. The Kier molecular flexibility index (Phi) is 4.95. The molecule has 2 aromatic heterocycles. The standard InChI is InChI=1S/C22H19FN2O4S/c1-14-21(30(27,28)15-6-4-3-5-7-15)12-19(25(14)2)22(26)24-13-17-16-10-11-29-20(16)9-8-18(17)23/h3-12H,13H2,1-2H3,(H,24,26). The average Bonchev–Trinajstić information content (AvgIpc) is 3.33. The Bertz CT molecular complexity index is 1350. The number of nitrogens with zero attached hydrogens (tertiary/aromatic N) is 1. The van der Waals surface area contributed by atoms with Crippen molar-refractivity contribution in [2.75, 3.05) is 0 Å². The van der Waals surface area contributed by atoms with Crippen LogP contribution in [0.5, 0.6) is 0 Å². The van der Waals surface area contributed by atoms with E-state index in [1.165, 1.54) is 41.2 Å². The Morgan fingerprint density at radius 2 is 1.87 bits per heavy atom. The van der Waals surface area contributed by atoms with Gasteiger partial charge in [0.05, 0.1) is 16.1 Å². The molecule has 0 saturated carbocycles. The van der Waals surface area contributed by atoms with Crippen molar-refractivity contribution in [2.24, 2.45) is 7.05 Å². The van der Waals surface area contributed by atoms with E-state index in [9.17, 15) is 17.6 Å². The second-order valence-corrected chi connectivity index (χ2v) is 8.81. The van der Waals surface area contributed by atoms with Crippen molar-refractivity contribution in [3.8, 4) is 0 Å². The molecule has 0 aliphatic carbocycles. The molecule has 6 nitrogen and oxygen atoms in total. The SMILES string of the molecule is Cc1c(S(=O)(=O)c2ccccc2)cc(C(=O)NCc2c(F)ccc3occc23)n1C. The summed E-state index contributed by atoms with van der Waals surface area (Å²) in [7, 11) is -2.16. The van der Waals surface area contributed by atoms with Gasteiger partial charge in [0.15, 0.2) is 0 Å². The second-order valence-electron chi connectivity index (χ2n) is 6.90. The number of hydrogen-bond donors (Lipinski definition) is 1. The molecule has 4 rings (SSSR count). The van der Waals surface area contributed by atoms with E-state index in [2.05, 4.69) is 5.32 Å². The fourth-order valence-corrected chi connectivity index (χ4v) is 4.97. The Morgan fingerprint density at radius 3 is 2.60 bits per heavy atom. The number of carbonyl (C=O) groups is 1. The molecule has 0 atom stereocenters. The molecular formula is C22H19FN2O4S. The molecule has 0 saturated heterocycles. The first-order valence-corrected chi connectivity index (χ1v) is 10.7. The summed E-state index contributed by atoms with van der Waals surface area (Å²) < 4.78 is 47.0. The van der Waals surface area contributed by atoms with Gasteiger partial charge in [0.25, 0.3) is 5.91 Å². The number of aromatic nitrogens is 1. The highest BCUT2D eigenvalue weighted by molar-refractivity contribution is 7.91. The zero-order valence-electron chi connectivity index (χ0n) is 16.3. The van der Waals surface area contributed by atoms with Gasteiger partial charge in [0.1, 0.15) is 17.1 Å². The largest absolute Gasteiger partial charge is 0.464 e. The van der Waals surface area contributed by atoms with Crippen LogP contribution in [0, 0.1) is 12.7 Å². The molecule has 4 aromatic rings. The molecule has 0 aliphatic heterocycles. The number of sulfone groups is 1. The molecule has 2 aromatic carbocycles. The van der Waals surface area contributed by atoms with Crippen LogP contribution in [0.3, 0.4) is 0 Å². The van der Waals surface area contributed by atoms with E-state index < -0.39 is 21.6 Å². The van der Waals surface area contributed by atoms with Crippen molar-refractivity contribution in [2.45, 2.75) is 23.3 Å². The summed E-state index contributed by atoms with van der Waals surface area (Å²) in [6, 6.07) is 13.8. The highest BCUT2D eigenvalue weighted by atomic mass is 32.2. The normalized spacial score (nSPS) is 11.7. The first kappa shape index (κ1) is 19.9. The molecule has 2 heterocycles. The van der Waals surface area contributed by atoms with Crippen molar-refractivity contribution in [3.05, 3.63) is 83.6 Å². The Labute approximate surface area is 172 Å². The molecule has 1 N–H and O–H groups in total. The first-order valence-electron chi connectivity index (χ1n) is 9.20. The molecule has 0 fully saturated rings. The number of benzene rings is 2. The molecule has 8 heteroatoms. The minimum absolute atomic E-state index is 0.0597. The van der Waals surface area contributed by atoms with Gasteiger partial charge in [0, 0.05) is 30.2 Å². The Balaban J connectivity index is 1.63. The van der Waals surface area contributed by atoms with E-state index in [-0.39, 0.29) is 22.0 Å². The summed E-state index contributed by atoms with van der Waals surface area (Å²) >= 11 is 0. The van der Waals surface area contributed by atoms with Crippen LogP contribution in [-0.4, -0.2) is 18.9 Å². The smallest absolute Gasteiger partial charge is 0.268 e. The summed E-state index contributed by atoms with van der Waals surface area (Å²) in [5, 5.41) is 3.25. The van der Waals surface area contributed by atoms with Gasteiger partial charge in [-0.1, -0.05) is 18.2 Å². The van der Waals surface area contributed by atoms with Gasteiger partial charge in [-0.15, -0.1) is 0 Å². The zero-order chi connectivity index (χ0) is 21.5. The molecule has 0 unspecified atom stereocenters. The molecule has 30 heavy (non-hydrogen) atoms. The summed E-state index contributed by atoms with van der Waals surface area (Å²) in [5.41, 5.74) is 1.43. The number of carbonyl (C=O) groups excluding carboxylic acids is 1. The molecule has 154 valence electrons. The topological polar surface area (TPSA) is 81.3 Å². The number of fused-ring (bicyclic) bond motifs is 1. The lowest BCUT2D eigenvalue weighted by molar-refractivity contribution is 0.0942. The predicted molar refractivity (Wildman–Crippen MR) is 109 cm³/mol. The van der Waals surface area contributed by atoms with Crippen molar-refractivity contribution >= 4 is 26.7 Å². The van der Waals surface area contributed by atoms with Crippen LogP contribution in [-0.2, 0) is 23.4 Å². The molecule has 0 radical (unpaired) electrons. The van der Waals surface area contributed by atoms with Gasteiger partial charge in [-0.25, -0.2) is 12.8 Å². The first-order chi connectivity index (χ1) is 14.3. The summed E-state index contributed by atoms with van der Waals surface area (Å²) in [4.78, 5) is 13.0. The fraction of sp³-hybridized carbons (Fsp3) is 0.136. The van der Waals surface area contributed by atoms with Crippen LogP contribution in [0.1, 0.15) is 21.7 Å². The number of hydrogen-bond acceptors (Lipinski definition) is 4. The van der Waals surface area contributed by atoms with E-state index in [4.69, 9.17) is 4.42 Å². The molecular weight excluding hydrogens is 407 g/mol. The van der Waals surface area contributed by atoms with Gasteiger partial charge in [-0.05, 0) is 43.3 Å². The molecule has 0 aliphatic rings. The van der Waals surface area contributed by atoms with Gasteiger partial charge in [-0.2, -0.15) is 0 Å². The van der Waals surface area contributed by atoms with E-state index in [0.717, 1.165) is 0 Å². The van der Waals surface area contributed by atoms with Gasteiger partial charge < -0.3 is 14.3 Å². The van der Waals surface area contributed by atoms with Crippen molar-refractivity contribution in [1.82, 2.24) is 9.88 Å². The fourth-order valence-electron chi connectivity index (χ4n) is 3.40. The number of amides is 1. The van der Waals surface area contributed by atoms with E-state index in [0.29, 0.717) is 22.2 Å². The minimum atomic E-state index is -3.77.